The smallest absolute Gasteiger partial charge is 0.129 e. The van der Waals surface area contributed by atoms with Gasteiger partial charge in [0.05, 0.1) is 13.2 Å². The first kappa shape index (κ1) is 12.7. The number of anilines is 1. The fourth-order valence-corrected chi connectivity index (χ4v) is 1.55. The Kier molecular flexibility index (Phi) is 4.95. The molecule has 1 rings (SSSR count). The molecule has 4 heteroatoms. The molecule has 0 fully saturated rings. The topological polar surface area (TPSA) is 56.6 Å². The molecule has 0 bridgehead atoms. The second kappa shape index (κ2) is 6.25. The van der Waals surface area contributed by atoms with E-state index in [0.717, 1.165) is 17.1 Å². The van der Waals surface area contributed by atoms with E-state index < -0.39 is 0 Å². The number of aryl methyl sites for hydroxylation is 1. The third-order valence-corrected chi connectivity index (χ3v) is 2.23. The van der Waals surface area contributed by atoms with E-state index in [1.807, 2.05) is 24.0 Å². The van der Waals surface area contributed by atoms with Crippen LogP contribution in [0.15, 0.2) is 24.8 Å². The van der Waals surface area contributed by atoms with Crippen molar-refractivity contribution in [3.05, 3.63) is 36.0 Å². The van der Waals surface area contributed by atoms with Gasteiger partial charge < -0.3 is 15.1 Å². The first-order chi connectivity index (χ1) is 7.71. The van der Waals surface area contributed by atoms with Crippen molar-refractivity contribution in [3.63, 3.8) is 0 Å². The molecule has 4 nitrogen and oxygen atoms in total. The SMILES string of the molecule is C=CCN(CCO)c1cc(CO)cc(C)n1. The van der Waals surface area contributed by atoms with E-state index >= 15 is 0 Å². The van der Waals surface area contributed by atoms with E-state index in [1.54, 1.807) is 6.08 Å². The second-order valence-electron chi connectivity index (χ2n) is 3.59. The maximum Gasteiger partial charge on any atom is 0.129 e. The van der Waals surface area contributed by atoms with Crippen LogP contribution >= 0.6 is 0 Å². The van der Waals surface area contributed by atoms with Gasteiger partial charge in [0.15, 0.2) is 0 Å². The predicted octanol–water partition coefficient (Wildman–Crippen LogP) is 0.867. The van der Waals surface area contributed by atoms with Gasteiger partial charge in [0, 0.05) is 18.8 Å². The zero-order valence-corrected chi connectivity index (χ0v) is 9.56. The molecular formula is C12H18N2O2. The highest BCUT2D eigenvalue weighted by Crippen LogP contribution is 2.14. The molecule has 0 aromatic carbocycles. The minimum absolute atomic E-state index is 0.00257. The maximum atomic E-state index is 9.11. The fraction of sp³-hybridized carbons (Fsp3) is 0.417. The Hall–Kier alpha value is -1.39. The lowest BCUT2D eigenvalue weighted by molar-refractivity contribution is 0.281. The lowest BCUT2D eigenvalue weighted by Crippen LogP contribution is -2.27. The van der Waals surface area contributed by atoms with Gasteiger partial charge in [0.25, 0.3) is 0 Å². The molecule has 0 aliphatic carbocycles. The van der Waals surface area contributed by atoms with Gasteiger partial charge in [-0.1, -0.05) is 6.08 Å². The normalized spacial score (nSPS) is 10.2. The maximum absolute atomic E-state index is 9.11. The molecule has 0 spiro atoms. The van der Waals surface area contributed by atoms with E-state index in [9.17, 15) is 0 Å². The van der Waals surface area contributed by atoms with Crippen LogP contribution in [0.25, 0.3) is 0 Å². The monoisotopic (exact) mass is 222 g/mol. The molecule has 1 aromatic heterocycles. The van der Waals surface area contributed by atoms with Gasteiger partial charge in [-0.2, -0.15) is 0 Å². The molecule has 0 atom stereocenters. The van der Waals surface area contributed by atoms with E-state index in [2.05, 4.69) is 11.6 Å². The molecule has 0 saturated heterocycles. The van der Waals surface area contributed by atoms with Gasteiger partial charge in [-0.3, -0.25) is 0 Å². The molecule has 1 heterocycles. The Balaban J connectivity index is 2.97. The number of aliphatic hydroxyl groups excluding tert-OH is 2. The first-order valence-electron chi connectivity index (χ1n) is 5.26. The largest absolute Gasteiger partial charge is 0.395 e. The van der Waals surface area contributed by atoms with Crippen LogP contribution < -0.4 is 4.90 Å². The number of aliphatic hydroxyl groups is 2. The fourth-order valence-electron chi connectivity index (χ4n) is 1.55. The Labute approximate surface area is 95.9 Å². The van der Waals surface area contributed by atoms with Gasteiger partial charge in [0.1, 0.15) is 5.82 Å². The van der Waals surface area contributed by atoms with Crippen molar-refractivity contribution in [1.29, 1.82) is 0 Å². The molecule has 0 aliphatic heterocycles. The van der Waals surface area contributed by atoms with Crippen molar-refractivity contribution in [2.75, 3.05) is 24.6 Å². The van der Waals surface area contributed by atoms with E-state index in [-0.39, 0.29) is 13.2 Å². The molecule has 2 N–H and O–H groups in total. The summed E-state index contributed by atoms with van der Waals surface area (Å²) in [6, 6.07) is 3.67. The van der Waals surface area contributed by atoms with Gasteiger partial charge in [-0.05, 0) is 24.6 Å². The summed E-state index contributed by atoms with van der Waals surface area (Å²) in [5, 5.41) is 18.1. The molecule has 0 aliphatic rings. The average molecular weight is 222 g/mol. The predicted molar refractivity (Wildman–Crippen MR) is 64.4 cm³/mol. The number of hydrogen-bond acceptors (Lipinski definition) is 4. The van der Waals surface area contributed by atoms with Crippen molar-refractivity contribution in [1.82, 2.24) is 4.98 Å². The minimum atomic E-state index is -0.00257. The summed E-state index contributed by atoms with van der Waals surface area (Å²) in [6.07, 6.45) is 1.76. The van der Waals surface area contributed by atoms with Gasteiger partial charge in [-0.15, -0.1) is 6.58 Å². The van der Waals surface area contributed by atoms with E-state index in [0.29, 0.717) is 13.1 Å². The summed E-state index contributed by atoms with van der Waals surface area (Å²) in [5.74, 6) is 0.762. The highest BCUT2D eigenvalue weighted by Gasteiger charge is 2.07. The third-order valence-electron chi connectivity index (χ3n) is 2.23. The molecule has 16 heavy (non-hydrogen) atoms. The quantitative estimate of drug-likeness (QED) is 0.701. The number of rotatable bonds is 6. The lowest BCUT2D eigenvalue weighted by atomic mass is 10.2. The van der Waals surface area contributed by atoms with Crippen LogP contribution in [0, 0.1) is 6.92 Å². The molecule has 0 radical (unpaired) electrons. The number of aromatic nitrogens is 1. The molecule has 0 saturated carbocycles. The zero-order chi connectivity index (χ0) is 12.0. The van der Waals surface area contributed by atoms with Crippen LogP contribution in [-0.4, -0.2) is 34.9 Å². The Morgan fingerprint density at radius 2 is 2.19 bits per heavy atom. The van der Waals surface area contributed by atoms with Crippen LogP contribution in [0.2, 0.25) is 0 Å². The summed E-state index contributed by atoms with van der Waals surface area (Å²) in [4.78, 5) is 6.29. The average Bonchev–Trinajstić information content (AvgIpc) is 2.28. The number of hydrogen-bond donors (Lipinski definition) is 2. The van der Waals surface area contributed by atoms with Crippen LogP contribution in [0.4, 0.5) is 5.82 Å². The minimum Gasteiger partial charge on any atom is -0.395 e. The Morgan fingerprint density at radius 3 is 2.75 bits per heavy atom. The Morgan fingerprint density at radius 1 is 1.44 bits per heavy atom. The Bertz CT molecular complexity index is 353. The lowest BCUT2D eigenvalue weighted by Gasteiger charge is -2.22. The molecule has 0 amide bonds. The van der Waals surface area contributed by atoms with Crippen molar-refractivity contribution >= 4 is 5.82 Å². The highest BCUT2D eigenvalue weighted by atomic mass is 16.3. The van der Waals surface area contributed by atoms with Crippen molar-refractivity contribution in [2.45, 2.75) is 13.5 Å². The highest BCUT2D eigenvalue weighted by molar-refractivity contribution is 5.43. The van der Waals surface area contributed by atoms with Gasteiger partial charge in [0.2, 0.25) is 0 Å². The second-order valence-corrected chi connectivity index (χ2v) is 3.59. The molecular weight excluding hydrogens is 204 g/mol. The summed E-state index contributed by atoms with van der Waals surface area (Å²) in [7, 11) is 0. The molecule has 1 aromatic rings. The van der Waals surface area contributed by atoms with Crippen LogP contribution in [0.1, 0.15) is 11.3 Å². The van der Waals surface area contributed by atoms with Crippen molar-refractivity contribution in [2.24, 2.45) is 0 Å². The molecule has 0 unspecified atom stereocenters. The third kappa shape index (κ3) is 3.32. The summed E-state index contributed by atoms with van der Waals surface area (Å²) >= 11 is 0. The van der Waals surface area contributed by atoms with Crippen molar-refractivity contribution < 1.29 is 10.2 Å². The number of nitrogens with zero attached hydrogens (tertiary/aromatic N) is 2. The summed E-state index contributed by atoms with van der Waals surface area (Å²) in [6.45, 7) is 6.75. The van der Waals surface area contributed by atoms with Crippen molar-refractivity contribution in [3.8, 4) is 0 Å². The van der Waals surface area contributed by atoms with Crippen LogP contribution in [0.3, 0.4) is 0 Å². The van der Waals surface area contributed by atoms with Gasteiger partial charge >= 0.3 is 0 Å². The zero-order valence-electron chi connectivity index (χ0n) is 9.56. The van der Waals surface area contributed by atoms with Crippen LogP contribution in [0.5, 0.6) is 0 Å². The van der Waals surface area contributed by atoms with Crippen LogP contribution in [-0.2, 0) is 6.61 Å². The van der Waals surface area contributed by atoms with E-state index in [1.165, 1.54) is 0 Å². The summed E-state index contributed by atoms with van der Waals surface area (Å²) < 4.78 is 0. The molecule has 88 valence electrons. The van der Waals surface area contributed by atoms with E-state index in [4.69, 9.17) is 10.2 Å². The number of pyridine rings is 1. The summed E-state index contributed by atoms with van der Waals surface area (Å²) in [5.41, 5.74) is 1.68. The first-order valence-corrected chi connectivity index (χ1v) is 5.26. The standard InChI is InChI=1S/C12H18N2O2/c1-3-4-14(5-6-15)12-8-11(9-16)7-10(2)13-12/h3,7-8,15-16H,1,4-6,9H2,2H3. The van der Waals surface area contributed by atoms with Gasteiger partial charge in [-0.25, -0.2) is 4.98 Å².